The van der Waals surface area contributed by atoms with E-state index in [9.17, 15) is 4.79 Å². The van der Waals surface area contributed by atoms with Crippen molar-refractivity contribution in [2.24, 2.45) is 0 Å². The molecule has 0 radical (unpaired) electrons. The number of carbonyl (C=O) groups excluding carboxylic acids is 1. The fraction of sp³-hybridized carbons (Fsp3) is 0.200. The average Bonchev–Trinajstić information content (AvgIpc) is 3.28. The molecule has 3 heterocycles. The van der Waals surface area contributed by atoms with E-state index in [0.717, 1.165) is 16.5 Å². The molecule has 27 heavy (non-hydrogen) atoms. The van der Waals surface area contributed by atoms with Crippen LogP contribution in [0.3, 0.4) is 0 Å². The lowest BCUT2D eigenvalue weighted by atomic mass is 10.2. The molecule has 4 rings (SSSR count). The number of benzene rings is 1. The van der Waals surface area contributed by atoms with Crippen LogP contribution in [0.4, 0.5) is 5.82 Å². The topological polar surface area (TPSA) is 88.5 Å². The summed E-state index contributed by atoms with van der Waals surface area (Å²) < 4.78 is 1.94. The average molecular weight is 360 g/mol. The van der Waals surface area contributed by atoms with E-state index in [-0.39, 0.29) is 11.9 Å². The predicted octanol–water partition coefficient (Wildman–Crippen LogP) is 3.96. The van der Waals surface area contributed by atoms with Crippen molar-refractivity contribution in [1.82, 2.24) is 24.7 Å². The molecule has 7 heteroatoms. The Hall–Kier alpha value is -3.48. The van der Waals surface area contributed by atoms with Gasteiger partial charge in [0.15, 0.2) is 5.82 Å². The number of H-pyrrole nitrogens is 1. The highest BCUT2D eigenvalue weighted by molar-refractivity contribution is 6.05. The number of aromatic amines is 1. The van der Waals surface area contributed by atoms with Crippen LogP contribution in [0.5, 0.6) is 0 Å². The van der Waals surface area contributed by atoms with Gasteiger partial charge in [0.1, 0.15) is 23.5 Å². The van der Waals surface area contributed by atoms with Crippen molar-refractivity contribution in [2.45, 2.75) is 26.8 Å². The van der Waals surface area contributed by atoms with E-state index < -0.39 is 0 Å². The van der Waals surface area contributed by atoms with E-state index in [1.54, 1.807) is 12.4 Å². The molecule has 0 aliphatic carbocycles. The van der Waals surface area contributed by atoms with E-state index in [2.05, 4.69) is 39.3 Å². The number of aryl methyl sites for hydroxylation is 1. The van der Waals surface area contributed by atoms with Crippen molar-refractivity contribution < 1.29 is 4.79 Å². The summed E-state index contributed by atoms with van der Waals surface area (Å²) in [5.41, 5.74) is 3.23. The van der Waals surface area contributed by atoms with Crippen LogP contribution < -0.4 is 5.32 Å². The number of hydrogen-bond donors (Lipinski definition) is 2. The number of pyridine rings is 1. The minimum atomic E-state index is -0.237. The second-order valence-corrected chi connectivity index (χ2v) is 6.79. The first kappa shape index (κ1) is 17.0. The van der Waals surface area contributed by atoms with Gasteiger partial charge in [0.25, 0.3) is 5.91 Å². The lowest BCUT2D eigenvalue weighted by molar-refractivity contribution is 0.102. The summed E-state index contributed by atoms with van der Waals surface area (Å²) in [6, 6.07) is 13.5. The van der Waals surface area contributed by atoms with Gasteiger partial charge in [-0.3, -0.25) is 4.79 Å². The second-order valence-electron chi connectivity index (χ2n) is 6.79. The van der Waals surface area contributed by atoms with Gasteiger partial charge in [0, 0.05) is 16.9 Å². The third-order valence-electron chi connectivity index (χ3n) is 4.37. The van der Waals surface area contributed by atoms with Crippen molar-refractivity contribution in [3.63, 3.8) is 0 Å². The van der Waals surface area contributed by atoms with Crippen LogP contribution in [0.15, 0.2) is 48.8 Å². The van der Waals surface area contributed by atoms with Crippen LogP contribution in [0.1, 0.15) is 35.9 Å². The van der Waals surface area contributed by atoms with Crippen LogP contribution in [-0.2, 0) is 0 Å². The quantitative estimate of drug-likeness (QED) is 0.576. The maximum Gasteiger partial charge on any atom is 0.273 e. The molecule has 0 atom stereocenters. The lowest BCUT2D eigenvalue weighted by Gasteiger charge is -2.10. The Kier molecular flexibility index (Phi) is 4.19. The largest absolute Gasteiger partial charge is 0.351 e. The molecule has 136 valence electrons. The molecule has 0 saturated carbocycles. The zero-order valence-electron chi connectivity index (χ0n) is 15.4. The maximum absolute atomic E-state index is 12.6. The molecule has 0 aliphatic rings. The molecule has 4 aromatic rings. The highest BCUT2D eigenvalue weighted by Gasteiger charge is 2.14. The van der Waals surface area contributed by atoms with Crippen LogP contribution in [0.25, 0.3) is 22.4 Å². The summed E-state index contributed by atoms with van der Waals surface area (Å²) in [7, 11) is 0. The Morgan fingerprint density at radius 1 is 1.19 bits per heavy atom. The minimum Gasteiger partial charge on any atom is -0.351 e. The van der Waals surface area contributed by atoms with E-state index in [4.69, 9.17) is 0 Å². The predicted molar refractivity (Wildman–Crippen MR) is 105 cm³/mol. The van der Waals surface area contributed by atoms with Crippen molar-refractivity contribution in [2.75, 3.05) is 5.32 Å². The molecule has 0 fully saturated rings. The van der Waals surface area contributed by atoms with Gasteiger partial charge in [-0.2, -0.15) is 0 Å². The molecular weight excluding hydrogens is 340 g/mol. The van der Waals surface area contributed by atoms with Gasteiger partial charge in [0.05, 0.1) is 0 Å². The van der Waals surface area contributed by atoms with Gasteiger partial charge in [-0.1, -0.05) is 18.2 Å². The van der Waals surface area contributed by atoms with Crippen LogP contribution >= 0.6 is 0 Å². The first-order valence-corrected chi connectivity index (χ1v) is 8.79. The summed E-state index contributed by atoms with van der Waals surface area (Å²) in [5, 5.41) is 12.0. The van der Waals surface area contributed by atoms with Gasteiger partial charge >= 0.3 is 0 Å². The van der Waals surface area contributed by atoms with E-state index in [0.29, 0.717) is 23.0 Å². The number of rotatable bonds is 4. The molecule has 0 aliphatic heterocycles. The molecule has 1 aromatic carbocycles. The van der Waals surface area contributed by atoms with E-state index >= 15 is 0 Å². The van der Waals surface area contributed by atoms with Crippen LogP contribution in [0.2, 0.25) is 0 Å². The van der Waals surface area contributed by atoms with Crippen molar-refractivity contribution in [1.29, 1.82) is 0 Å². The van der Waals surface area contributed by atoms with Gasteiger partial charge in [-0.05, 0) is 50.6 Å². The second kappa shape index (κ2) is 6.68. The normalized spacial score (nSPS) is 11.3. The van der Waals surface area contributed by atoms with Crippen molar-refractivity contribution in [3.8, 4) is 11.5 Å². The van der Waals surface area contributed by atoms with Crippen molar-refractivity contribution >= 4 is 22.6 Å². The summed E-state index contributed by atoms with van der Waals surface area (Å²) in [6.45, 7) is 6.12. The molecule has 0 saturated heterocycles. The maximum atomic E-state index is 12.6. The Bertz CT molecular complexity index is 1120. The molecule has 3 aromatic heterocycles. The number of anilines is 1. The van der Waals surface area contributed by atoms with Crippen LogP contribution in [0, 0.1) is 6.92 Å². The SMILES string of the molecule is Cc1ccc2cc(C(=O)Nc3cccc(-c4nncn4C(C)C)n3)[nH]c2c1. The molecule has 0 bridgehead atoms. The Balaban J connectivity index is 1.60. The smallest absolute Gasteiger partial charge is 0.273 e. The number of aromatic nitrogens is 5. The van der Waals surface area contributed by atoms with Gasteiger partial charge in [-0.25, -0.2) is 4.98 Å². The number of hydrogen-bond acceptors (Lipinski definition) is 4. The Morgan fingerprint density at radius 3 is 2.85 bits per heavy atom. The number of fused-ring (bicyclic) bond motifs is 1. The van der Waals surface area contributed by atoms with E-state index in [1.807, 2.05) is 47.9 Å². The highest BCUT2D eigenvalue weighted by Crippen LogP contribution is 2.21. The molecule has 7 nitrogen and oxygen atoms in total. The molecule has 0 spiro atoms. The standard InChI is InChI=1S/C20H20N6O/c1-12(2)26-11-21-25-19(26)15-5-4-6-18(23-15)24-20(27)17-10-14-8-7-13(3)9-16(14)22-17/h4-12,22H,1-3H3,(H,23,24,27). The zero-order valence-corrected chi connectivity index (χ0v) is 15.4. The first-order valence-electron chi connectivity index (χ1n) is 8.79. The third-order valence-corrected chi connectivity index (χ3v) is 4.37. The third kappa shape index (κ3) is 3.31. The monoisotopic (exact) mass is 360 g/mol. The van der Waals surface area contributed by atoms with Gasteiger partial charge < -0.3 is 14.9 Å². The fourth-order valence-corrected chi connectivity index (χ4v) is 2.98. The summed E-state index contributed by atoms with van der Waals surface area (Å²) in [4.78, 5) is 20.3. The molecule has 2 N–H and O–H groups in total. The summed E-state index contributed by atoms with van der Waals surface area (Å²) in [6.07, 6.45) is 1.68. The van der Waals surface area contributed by atoms with Gasteiger partial charge in [0.2, 0.25) is 0 Å². The Labute approximate surface area is 156 Å². The summed E-state index contributed by atoms with van der Waals surface area (Å²) >= 11 is 0. The number of carbonyl (C=O) groups is 1. The molecular formula is C20H20N6O. The lowest BCUT2D eigenvalue weighted by Crippen LogP contribution is -2.13. The van der Waals surface area contributed by atoms with E-state index in [1.165, 1.54) is 0 Å². The minimum absolute atomic E-state index is 0.213. The molecule has 1 amide bonds. The summed E-state index contributed by atoms with van der Waals surface area (Å²) in [5.74, 6) is 0.895. The highest BCUT2D eigenvalue weighted by atomic mass is 16.1. The van der Waals surface area contributed by atoms with Gasteiger partial charge in [-0.15, -0.1) is 10.2 Å². The zero-order chi connectivity index (χ0) is 19.0. The Morgan fingerprint density at radius 2 is 2.04 bits per heavy atom. The molecule has 0 unspecified atom stereocenters. The van der Waals surface area contributed by atoms with Crippen LogP contribution in [-0.4, -0.2) is 30.6 Å². The fourth-order valence-electron chi connectivity index (χ4n) is 2.98. The number of nitrogens with zero attached hydrogens (tertiary/aromatic N) is 4. The van der Waals surface area contributed by atoms with Crippen molar-refractivity contribution in [3.05, 3.63) is 60.0 Å². The number of nitrogens with one attached hydrogen (secondary N) is 2. The first-order chi connectivity index (χ1) is 13.0. The number of amides is 1.